The average molecular weight is 151 g/mol. The molecule has 0 saturated carbocycles. The molecule has 4 heteroatoms. The molecule has 0 radical (unpaired) electrons. The maximum atomic E-state index is 12.6. The lowest BCUT2D eigenvalue weighted by Gasteiger charge is -2.15. The number of alkyl halides is 2. The summed E-state index contributed by atoms with van der Waals surface area (Å²) in [6, 6.07) is 0. The standard InChI is InChI=1S/C6H11F2NO/c7-6(8)4-9-3-5(6)1-2-10/h5,9-10H,1-4H2. The van der Waals surface area contributed by atoms with Gasteiger partial charge in [-0.3, -0.25) is 0 Å². The largest absolute Gasteiger partial charge is 0.396 e. The van der Waals surface area contributed by atoms with E-state index in [2.05, 4.69) is 5.32 Å². The molecule has 0 bridgehead atoms. The predicted octanol–water partition coefficient (Wildman–Crippen LogP) is 0.224. The summed E-state index contributed by atoms with van der Waals surface area (Å²) in [5.74, 6) is -3.28. The molecule has 0 aromatic heterocycles. The molecule has 2 nitrogen and oxygen atoms in total. The molecule has 60 valence electrons. The lowest BCUT2D eigenvalue weighted by Crippen LogP contribution is -2.27. The van der Waals surface area contributed by atoms with Gasteiger partial charge in [-0.15, -0.1) is 0 Å². The second-order valence-electron chi connectivity index (χ2n) is 2.60. The summed E-state index contributed by atoms with van der Waals surface area (Å²) >= 11 is 0. The summed E-state index contributed by atoms with van der Waals surface area (Å²) in [5, 5.41) is 11.0. The lowest BCUT2D eigenvalue weighted by molar-refractivity contribution is -0.0289. The van der Waals surface area contributed by atoms with Crippen LogP contribution in [0.2, 0.25) is 0 Å². The van der Waals surface area contributed by atoms with Crippen LogP contribution in [0.4, 0.5) is 8.78 Å². The van der Waals surface area contributed by atoms with Gasteiger partial charge in [0, 0.05) is 19.1 Å². The maximum Gasteiger partial charge on any atom is 0.264 e. The van der Waals surface area contributed by atoms with Crippen LogP contribution in [0.5, 0.6) is 0 Å². The second kappa shape index (κ2) is 2.80. The molecule has 1 unspecified atom stereocenters. The van der Waals surface area contributed by atoms with Crippen molar-refractivity contribution in [3.05, 3.63) is 0 Å². The quantitative estimate of drug-likeness (QED) is 0.592. The van der Waals surface area contributed by atoms with E-state index in [4.69, 9.17) is 5.11 Å². The van der Waals surface area contributed by atoms with E-state index < -0.39 is 11.8 Å². The fraction of sp³-hybridized carbons (Fsp3) is 1.00. The van der Waals surface area contributed by atoms with Crippen molar-refractivity contribution in [2.75, 3.05) is 19.7 Å². The minimum absolute atomic E-state index is 0.151. The molecule has 0 aliphatic carbocycles. The van der Waals surface area contributed by atoms with Crippen LogP contribution in [0.1, 0.15) is 6.42 Å². The van der Waals surface area contributed by atoms with E-state index in [9.17, 15) is 8.78 Å². The fourth-order valence-electron chi connectivity index (χ4n) is 1.18. The Morgan fingerprint density at radius 3 is 2.70 bits per heavy atom. The predicted molar refractivity (Wildman–Crippen MR) is 33.0 cm³/mol. The number of rotatable bonds is 2. The first-order chi connectivity index (χ1) is 4.67. The minimum Gasteiger partial charge on any atom is -0.396 e. The highest BCUT2D eigenvalue weighted by Crippen LogP contribution is 2.29. The molecule has 1 saturated heterocycles. The number of hydrogen-bond acceptors (Lipinski definition) is 2. The zero-order valence-electron chi connectivity index (χ0n) is 5.61. The molecule has 2 N–H and O–H groups in total. The highest BCUT2D eigenvalue weighted by molar-refractivity contribution is 4.87. The van der Waals surface area contributed by atoms with Gasteiger partial charge in [-0.25, -0.2) is 8.78 Å². The number of hydrogen-bond donors (Lipinski definition) is 2. The van der Waals surface area contributed by atoms with Crippen LogP contribution in [-0.4, -0.2) is 30.7 Å². The van der Waals surface area contributed by atoms with Crippen LogP contribution >= 0.6 is 0 Å². The maximum absolute atomic E-state index is 12.6. The van der Waals surface area contributed by atoms with Gasteiger partial charge in [0.15, 0.2) is 0 Å². The Kier molecular flexibility index (Phi) is 2.21. The molecule has 0 amide bonds. The van der Waals surface area contributed by atoms with Crippen LogP contribution in [0.15, 0.2) is 0 Å². The summed E-state index contributed by atoms with van der Waals surface area (Å²) in [4.78, 5) is 0. The van der Waals surface area contributed by atoms with Gasteiger partial charge in [0.25, 0.3) is 5.92 Å². The van der Waals surface area contributed by atoms with Gasteiger partial charge >= 0.3 is 0 Å². The SMILES string of the molecule is OCCC1CNCC1(F)F. The molecule has 0 spiro atoms. The van der Waals surface area contributed by atoms with E-state index in [-0.39, 0.29) is 19.6 Å². The Hall–Kier alpha value is -0.220. The summed E-state index contributed by atoms with van der Waals surface area (Å²) < 4.78 is 25.2. The van der Waals surface area contributed by atoms with Crippen molar-refractivity contribution in [3.8, 4) is 0 Å². The van der Waals surface area contributed by atoms with Crippen molar-refractivity contribution in [2.45, 2.75) is 12.3 Å². The smallest absolute Gasteiger partial charge is 0.264 e. The molecule has 1 atom stereocenters. The highest BCUT2D eigenvalue weighted by Gasteiger charge is 2.42. The van der Waals surface area contributed by atoms with Crippen molar-refractivity contribution >= 4 is 0 Å². The number of nitrogens with one attached hydrogen (secondary N) is 1. The van der Waals surface area contributed by atoms with Crippen LogP contribution in [-0.2, 0) is 0 Å². The zero-order chi connectivity index (χ0) is 7.61. The Labute approximate surface area is 58.2 Å². The number of halogens is 2. The van der Waals surface area contributed by atoms with Crippen molar-refractivity contribution in [3.63, 3.8) is 0 Å². The average Bonchev–Trinajstić information content (AvgIpc) is 2.13. The fourth-order valence-corrected chi connectivity index (χ4v) is 1.18. The van der Waals surface area contributed by atoms with Crippen LogP contribution in [0.25, 0.3) is 0 Å². The molecule has 1 aliphatic rings. The first-order valence-electron chi connectivity index (χ1n) is 3.36. The van der Waals surface area contributed by atoms with Gasteiger partial charge in [0.1, 0.15) is 0 Å². The molecule has 0 aromatic carbocycles. The van der Waals surface area contributed by atoms with E-state index in [0.29, 0.717) is 6.54 Å². The minimum atomic E-state index is -2.61. The van der Waals surface area contributed by atoms with Crippen molar-refractivity contribution in [1.82, 2.24) is 5.32 Å². The molecule has 0 aromatic rings. The Balaban J connectivity index is 2.43. The van der Waals surface area contributed by atoms with Gasteiger partial charge in [-0.1, -0.05) is 0 Å². The van der Waals surface area contributed by atoms with Gasteiger partial charge in [-0.05, 0) is 6.42 Å². The second-order valence-corrected chi connectivity index (χ2v) is 2.60. The van der Waals surface area contributed by atoms with Gasteiger partial charge in [0.05, 0.1) is 6.54 Å². The molecular weight excluding hydrogens is 140 g/mol. The molecule has 1 rings (SSSR count). The van der Waals surface area contributed by atoms with Crippen molar-refractivity contribution in [1.29, 1.82) is 0 Å². The van der Waals surface area contributed by atoms with Crippen LogP contribution in [0, 0.1) is 5.92 Å². The molecular formula is C6H11F2NO. The summed E-state index contributed by atoms with van der Waals surface area (Å²) in [6.45, 7) is -0.0623. The molecule has 10 heavy (non-hydrogen) atoms. The third kappa shape index (κ3) is 1.44. The summed E-state index contributed by atoms with van der Waals surface area (Å²) in [6.07, 6.45) is 0.194. The van der Waals surface area contributed by atoms with E-state index in [1.54, 1.807) is 0 Å². The third-order valence-corrected chi connectivity index (χ3v) is 1.83. The van der Waals surface area contributed by atoms with Crippen LogP contribution in [0.3, 0.4) is 0 Å². The molecule has 1 fully saturated rings. The summed E-state index contributed by atoms with van der Waals surface area (Å²) in [7, 11) is 0. The summed E-state index contributed by atoms with van der Waals surface area (Å²) in [5.41, 5.74) is 0. The van der Waals surface area contributed by atoms with E-state index in [0.717, 1.165) is 0 Å². The Bertz CT molecular complexity index is 118. The Morgan fingerprint density at radius 1 is 1.60 bits per heavy atom. The van der Waals surface area contributed by atoms with Crippen LogP contribution < -0.4 is 5.32 Å². The van der Waals surface area contributed by atoms with Crippen molar-refractivity contribution in [2.24, 2.45) is 5.92 Å². The molecule has 1 aliphatic heterocycles. The van der Waals surface area contributed by atoms with Gasteiger partial charge in [-0.2, -0.15) is 0 Å². The highest BCUT2D eigenvalue weighted by atomic mass is 19.3. The van der Waals surface area contributed by atoms with Gasteiger partial charge < -0.3 is 10.4 Å². The third-order valence-electron chi connectivity index (χ3n) is 1.83. The van der Waals surface area contributed by atoms with Crippen molar-refractivity contribution < 1.29 is 13.9 Å². The van der Waals surface area contributed by atoms with E-state index >= 15 is 0 Å². The van der Waals surface area contributed by atoms with E-state index in [1.165, 1.54) is 0 Å². The molecule has 1 heterocycles. The van der Waals surface area contributed by atoms with Gasteiger partial charge in [0.2, 0.25) is 0 Å². The first-order valence-corrected chi connectivity index (χ1v) is 3.36. The number of aliphatic hydroxyl groups excluding tert-OH is 1. The normalized spacial score (nSPS) is 30.9. The topological polar surface area (TPSA) is 32.3 Å². The number of aliphatic hydroxyl groups is 1. The van der Waals surface area contributed by atoms with E-state index in [1.807, 2.05) is 0 Å². The lowest BCUT2D eigenvalue weighted by atomic mass is 10.0. The Morgan fingerprint density at radius 2 is 2.30 bits per heavy atom. The first kappa shape index (κ1) is 7.88. The monoisotopic (exact) mass is 151 g/mol. The zero-order valence-corrected chi connectivity index (χ0v) is 5.61.